The Hall–Kier alpha value is -1.98. The molecule has 7 nitrogen and oxygen atoms in total. The monoisotopic (exact) mass is 505 g/mol. The van der Waals surface area contributed by atoms with Crippen molar-refractivity contribution in [2.45, 2.75) is 16.2 Å². The number of thioether (sulfide) groups is 1. The average molecular weight is 506 g/mol. The van der Waals surface area contributed by atoms with Gasteiger partial charge in [-0.2, -0.15) is 0 Å². The van der Waals surface area contributed by atoms with E-state index in [9.17, 15) is 13.2 Å². The van der Waals surface area contributed by atoms with E-state index in [-0.39, 0.29) is 17.2 Å². The van der Waals surface area contributed by atoms with Crippen LogP contribution in [0.15, 0.2) is 52.3 Å². The molecule has 0 N–H and O–H groups in total. The molecule has 0 aliphatic carbocycles. The van der Waals surface area contributed by atoms with Gasteiger partial charge in [0.25, 0.3) is 0 Å². The summed E-state index contributed by atoms with van der Waals surface area (Å²) in [4.78, 5) is 23.7. The highest BCUT2D eigenvalue weighted by Gasteiger charge is 2.22. The Morgan fingerprint density at radius 2 is 1.91 bits per heavy atom. The van der Waals surface area contributed by atoms with Gasteiger partial charge in [-0.05, 0) is 36.1 Å². The number of hydrogen-bond donors (Lipinski definition) is 0. The second kappa shape index (κ2) is 10.5. The summed E-state index contributed by atoms with van der Waals surface area (Å²) in [5.41, 5.74) is 1.70. The maximum Gasteiger partial charge on any atom is 0.233 e. The fourth-order valence-corrected chi connectivity index (χ4v) is 6.00. The van der Waals surface area contributed by atoms with Crippen LogP contribution in [0.3, 0.4) is 0 Å². The van der Waals surface area contributed by atoms with E-state index in [4.69, 9.17) is 9.72 Å². The van der Waals surface area contributed by atoms with Gasteiger partial charge in [-0.1, -0.05) is 29.5 Å². The van der Waals surface area contributed by atoms with Crippen molar-refractivity contribution in [3.63, 3.8) is 0 Å². The number of morpholine rings is 1. The number of rotatable bonds is 8. The van der Waals surface area contributed by atoms with E-state index in [1.807, 2.05) is 24.5 Å². The van der Waals surface area contributed by atoms with Gasteiger partial charge >= 0.3 is 0 Å². The van der Waals surface area contributed by atoms with Gasteiger partial charge in [0.15, 0.2) is 15.0 Å². The SMILES string of the molecule is CSc1cccc2sc(N(CCN3CCOCC3)C(=O)Cc3ccc(S(C)(=O)=O)cc3)nc12. The van der Waals surface area contributed by atoms with E-state index in [0.29, 0.717) is 24.9 Å². The highest BCUT2D eigenvalue weighted by molar-refractivity contribution is 7.98. The molecule has 33 heavy (non-hydrogen) atoms. The molecule has 0 atom stereocenters. The minimum atomic E-state index is -3.27. The Morgan fingerprint density at radius 3 is 2.58 bits per heavy atom. The van der Waals surface area contributed by atoms with E-state index < -0.39 is 9.84 Å². The standard InChI is InChI=1S/C23H27N3O4S3/c1-31-19-4-3-5-20-22(19)24-23(32-20)26(11-10-25-12-14-30-15-13-25)21(27)16-17-6-8-18(9-7-17)33(2,28)29/h3-9H,10-16H2,1-2H3. The number of sulfone groups is 1. The van der Waals surface area contributed by atoms with Crippen molar-refractivity contribution < 1.29 is 17.9 Å². The number of amides is 1. The van der Waals surface area contributed by atoms with Crippen molar-refractivity contribution in [2.75, 3.05) is 56.8 Å². The fourth-order valence-electron chi connectivity index (χ4n) is 3.71. The Kier molecular flexibility index (Phi) is 7.70. The molecule has 1 fully saturated rings. The summed E-state index contributed by atoms with van der Waals surface area (Å²) in [7, 11) is -3.27. The first kappa shape index (κ1) is 24.2. The Morgan fingerprint density at radius 1 is 1.18 bits per heavy atom. The molecule has 1 aliphatic heterocycles. The Balaban J connectivity index is 1.58. The number of ether oxygens (including phenoxy) is 1. The number of aromatic nitrogens is 1. The van der Waals surface area contributed by atoms with Crippen LogP contribution in [0.1, 0.15) is 5.56 Å². The molecule has 0 unspecified atom stereocenters. The van der Waals surface area contributed by atoms with Crippen molar-refractivity contribution in [1.29, 1.82) is 0 Å². The smallest absolute Gasteiger partial charge is 0.233 e. The van der Waals surface area contributed by atoms with Gasteiger partial charge < -0.3 is 4.74 Å². The molecule has 10 heteroatoms. The summed E-state index contributed by atoms with van der Waals surface area (Å²) < 4.78 is 30.0. The van der Waals surface area contributed by atoms with Crippen LogP contribution in [0.5, 0.6) is 0 Å². The Labute approximate surface area is 202 Å². The van der Waals surface area contributed by atoms with Crippen molar-refractivity contribution >= 4 is 54.2 Å². The van der Waals surface area contributed by atoms with Crippen LogP contribution in [0.2, 0.25) is 0 Å². The summed E-state index contributed by atoms with van der Waals surface area (Å²) >= 11 is 3.17. The number of anilines is 1. The lowest BCUT2D eigenvalue weighted by atomic mass is 10.1. The highest BCUT2D eigenvalue weighted by atomic mass is 32.2. The quantitative estimate of drug-likeness (QED) is 0.435. The second-order valence-corrected chi connectivity index (χ2v) is 11.8. The van der Waals surface area contributed by atoms with Crippen LogP contribution in [0.4, 0.5) is 5.13 Å². The molecule has 1 saturated heterocycles. The summed E-state index contributed by atoms with van der Waals surface area (Å²) in [5, 5.41) is 0.692. The molecule has 2 heterocycles. The Bertz CT molecular complexity index is 1220. The molecule has 2 aromatic carbocycles. The molecular weight excluding hydrogens is 478 g/mol. The minimum Gasteiger partial charge on any atom is -0.379 e. The molecule has 176 valence electrons. The first-order valence-corrected chi connectivity index (χ1v) is 14.6. The van der Waals surface area contributed by atoms with Crippen LogP contribution in [0.25, 0.3) is 10.2 Å². The third-order valence-corrected chi connectivity index (χ3v) is 8.51. The summed E-state index contributed by atoms with van der Waals surface area (Å²) in [5.74, 6) is -0.0554. The number of benzene rings is 2. The summed E-state index contributed by atoms with van der Waals surface area (Å²) in [6, 6.07) is 12.6. The molecule has 4 rings (SSSR count). The lowest BCUT2D eigenvalue weighted by molar-refractivity contribution is -0.118. The number of hydrogen-bond acceptors (Lipinski definition) is 8. The fraction of sp³-hybridized carbons (Fsp3) is 0.391. The zero-order chi connectivity index (χ0) is 23.4. The molecule has 0 radical (unpaired) electrons. The maximum absolute atomic E-state index is 13.4. The lowest BCUT2D eigenvalue weighted by Crippen LogP contribution is -2.43. The maximum atomic E-state index is 13.4. The molecule has 1 aliphatic rings. The molecule has 0 bridgehead atoms. The number of fused-ring (bicyclic) bond motifs is 1. The topological polar surface area (TPSA) is 79.8 Å². The molecule has 1 amide bonds. The molecule has 0 spiro atoms. The van der Waals surface area contributed by atoms with Crippen LogP contribution >= 0.6 is 23.1 Å². The zero-order valence-electron chi connectivity index (χ0n) is 18.7. The van der Waals surface area contributed by atoms with Gasteiger partial charge in [-0.25, -0.2) is 13.4 Å². The second-order valence-electron chi connectivity index (χ2n) is 7.90. The normalized spacial score (nSPS) is 15.1. The molecular formula is C23H27N3O4S3. The van der Waals surface area contributed by atoms with E-state index in [1.165, 1.54) is 17.6 Å². The molecule has 0 saturated carbocycles. The van der Waals surface area contributed by atoms with E-state index in [2.05, 4.69) is 4.90 Å². The average Bonchev–Trinajstić information content (AvgIpc) is 3.23. The minimum absolute atomic E-state index is 0.0554. The summed E-state index contributed by atoms with van der Waals surface area (Å²) in [6.07, 6.45) is 3.38. The number of carbonyl (C=O) groups excluding carboxylic acids is 1. The van der Waals surface area contributed by atoms with Gasteiger partial charge in [-0.3, -0.25) is 14.6 Å². The van der Waals surface area contributed by atoms with Crippen LogP contribution in [0, 0.1) is 0 Å². The highest BCUT2D eigenvalue weighted by Crippen LogP contribution is 2.34. The van der Waals surface area contributed by atoms with E-state index in [1.54, 1.807) is 40.9 Å². The number of thiazole rings is 1. The van der Waals surface area contributed by atoms with Crippen LogP contribution < -0.4 is 4.90 Å². The van der Waals surface area contributed by atoms with Gasteiger partial charge in [0.05, 0.1) is 34.7 Å². The number of nitrogens with zero attached hydrogens (tertiary/aromatic N) is 3. The number of carbonyl (C=O) groups is 1. The van der Waals surface area contributed by atoms with Gasteiger partial charge in [0, 0.05) is 37.3 Å². The zero-order valence-corrected chi connectivity index (χ0v) is 21.1. The first-order valence-electron chi connectivity index (χ1n) is 10.7. The van der Waals surface area contributed by atoms with Crippen LogP contribution in [-0.4, -0.2) is 76.1 Å². The predicted octanol–water partition coefficient (Wildman–Crippen LogP) is 3.33. The van der Waals surface area contributed by atoms with Crippen molar-refractivity contribution in [1.82, 2.24) is 9.88 Å². The largest absolute Gasteiger partial charge is 0.379 e. The van der Waals surface area contributed by atoms with Gasteiger partial charge in [0.1, 0.15) is 0 Å². The van der Waals surface area contributed by atoms with Gasteiger partial charge in [0.2, 0.25) is 5.91 Å². The van der Waals surface area contributed by atoms with Gasteiger partial charge in [-0.15, -0.1) is 11.8 Å². The van der Waals surface area contributed by atoms with E-state index in [0.717, 1.165) is 40.3 Å². The third kappa shape index (κ3) is 5.93. The first-order chi connectivity index (χ1) is 15.8. The third-order valence-electron chi connectivity index (χ3n) is 5.57. The predicted molar refractivity (Wildman–Crippen MR) is 134 cm³/mol. The molecule has 1 aromatic heterocycles. The van der Waals surface area contributed by atoms with Crippen LogP contribution in [-0.2, 0) is 25.8 Å². The van der Waals surface area contributed by atoms with Crippen molar-refractivity contribution in [3.8, 4) is 0 Å². The molecule has 3 aromatic rings. The summed E-state index contributed by atoms with van der Waals surface area (Å²) in [6.45, 7) is 4.40. The lowest BCUT2D eigenvalue weighted by Gasteiger charge is -2.29. The van der Waals surface area contributed by atoms with Crippen molar-refractivity contribution in [3.05, 3.63) is 48.0 Å². The van der Waals surface area contributed by atoms with Crippen molar-refractivity contribution in [2.24, 2.45) is 0 Å². The number of para-hydroxylation sites is 1. The van der Waals surface area contributed by atoms with E-state index >= 15 is 0 Å².